The molecule has 0 unspecified atom stereocenters. The lowest BCUT2D eigenvalue weighted by atomic mass is 10.1. The third kappa shape index (κ3) is 3.55. The molecule has 2 heterocycles. The number of amides is 2. The van der Waals surface area contributed by atoms with E-state index in [9.17, 15) is 9.59 Å². The van der Waals surface area contributed by atoms with E-state index in [0.717, 1.165) is 6.42 Å². The van der Waals surface area contributed by atoms with Crippen LogP contribution in [0.25, 0.3) is 0 Å². The van der Waals surface area contributed by atoms with Crippen molar-refractivity contribution in [2.75, 3.05) is 46.0 Å². The lowest BCUT2D eigenvalue weighted by Crippen LogP contribution is -2.37. The van der Waals surface area contributed by atoms with E-state index in [1.165, 1.54) is 0 Å². The fourth-order valence-electron chi connectivity index (χ4n) is 2.88. The summed E-state index contributed by atoms with van der Waals surface area (Å²) in [4.78, 5) is 28.0. The molecule has 7 heteroatoms. The molecule has 1 fully saturated rings. The Labute approximate surface area is 141 Å². The molecule has 0 aliphatic carbocycles. The van der Waals surface area contributed by atoms with Gasteiger partial charge in [0, 0.05) is 31.7 Å². The molecule has 1 aromatic rings. The second-order valence-electron chi connectivity index (χ2n) is 5.69. The zero-order chi connectivity index (χ0) is 16.9. The van der Waals surface area contributed by atoms with Crippen molar-refractivity contribution in [3.8, 4) is 11.5 Å². The number of benzene rings is 1. The maximum atomic E-state index is 12.7. The van der Waals surface area contributed by atoms with Crippen LogP contribution in [0, 0.1) is 0 Å². The van der Waals surface area contributed by atoms with Crippen LogP contribution in [0.15, 0.2) is 18.2 Å². The molecule has 0 saturated carbocycles. The predicted molar refractivity (Wildman–Crippen MR) is 86.5 cm³/mol. The number of hydrogen-bond acceptors (Lipinski definition) is 5. The van der Waals surface area contributed by atoms with E-state index in [0.29, 0.717) is 63.1 Å². The number of fused-ring (bicyclic) bond motifs is 1. The highest BCUT2D eigenvalue weighted by molar-refractivity contribution is 5.95. The van der Waals surface area contributed by atoms with Crippen LogP contribution in [-0.4, -0.2) is 67.8 Å². The molecule has 0 aromatic heterocycles. The van der Waals surface area contributed by atoms with Gasteiger partial charge in [-0.3, -0.25) is 4.79 Å². The smallest absolute Gasteiger partial charge is 0.409 e. The van der Waals surface area contributed by atoms with E-state index in [2.05, 4.69) is 0 Å². The molecule has 3 rings (SSSR count). The normalized spacial score (nSPS) is 17.2. The van der Waals surface area contributed by atoms with Crippen LogP contribution in [0.2, 0.25) is 0 Å². The van der Waals surface area contributed by atoms with Gasteiger partial charge in [-0.15, -0.1) is 0 Å². The van der Waals surface area contributed by atoms with Crippen molar-refractivity contribution in [3.63, 3.8) is 0 Å². The minimum Gasteiger partial charge on any atom is -0.486 e. The van der Waals surface area contributed by atoms with Crippen molar-refractivity contribution in [3.05, 3.63) is 23.8 Å². The molecular weight excluding hydrogens is 312 g/mol. The highest BCUT2D eigenvalue weighted by Crippen LogP contribution is 2.31. The van der Waals surface area contributed by atoms with E-state index in [1.54, 1.807) is 34.9 Å². The molecular formula is C17H22N2O5. The van der Waals surface area contributed by atoms with Crippen LogP contribution in [0.3, 0.4) is 0 Å². The molecule has 2 amide bonds. The Morgan fingerprint density at radius 1 is 1.04 bits per heavy atom. The first-order valence-corrected chi connectivity index (χ1v) is 8.29. The Hall–Kier alpha value is -2.44. The van der Waals surface area contributed by atoms with Crippen molar-refractivity contribution in [2.24, 2.45) is 0 Å². The first-order valence-electron chi connectivity index (χ1n) is 8.29. The first kappa shape index (κ1) is 16.4. The van der Waals surface area contributed by atoms with Gasteiger partial charge in [-0.2, -0.15) is 0 Å². The molecule has 0 bridgehead atoms. The zero-order valence-corrected chi connectivity index (χ0v) is 13.8. The summed E-state index contributed by atoms with van der Waals surface area (Å²) in [6, 6.07) is 5.25. The molecule has 0 atom stereocenters. The lowest BCUT2D eigenvalue weighted by Gasteiger charge is -2.23. The van der Waals surface area contributed by atoms with Crippen molar-refractivity contribution < 1.29 is 23.8 Å². The van der Waals surface area contributed by atoms with E-state index in [4.69, 9.17) is 14.2 Å². The third-order valence-electron chi connectivity index (χ3n) is 4.10. The molecule has 7 nitrogen and oxygen atoms in total. The first-order chi connectivity index (χ1) is 11.7. The summed E-state index contributed by atoms with van der Waals surface area (Å²) in [7, 11) is 0. The Morgan fingerprint density at radius 3 is 2.54 bits per heavy atom. The third-order valence-corrected chi connectivity index (χ3v) is 4.10. The van der Waals surface area contributed by atoms with Gasteiger partial charge < -0.3 is 24.0 Å². The second kappa shape index (κ2) is 7.42. The Balaban J connectivity index is 1.66. The molecule has 24 heavy (non-hydrogen) atoms. The summed E-state index contributed by atoms with van der Waals surface area (Å²) in [6.07, 6.45) is 0.417. The van der Waals surface area contributed by atoms with Crippen molar-refractivity contribution >= 4 is 12.0 Å². The van der Waals surface area contributed by atoms with Crippen LogP contribution in [0.4, 0.5) is 4.79 Å². The minimum atomic E-state index is -0.314. The molecule has 0 radical (unpaired) electrons. The van der Waals surface area contributed by atoms with E-state index in [1.807, 2.05) is 0 Å². The van der Waals surface area contributed by atoms with Gasteiger partial charge in [0.2, 0.25) is 0 Å². The van der Waals surface area contributed by atoms with Crippen LogP contribution in [0.1, 0.15) is 23.7 Å². The van der Waals surface area contributed by atoms with E-state index in [-0.39, 0.29) is 12.0 Å². The average molecular weight is 334 g/mol. The van der Waals surface area contributed by atoms with E-state index < -0.39 is 0 Å². The summed E-state index contributed by atoms with van der Waals surface area (Å²) >= 11 is 0. The average Bonchev–Trinajstić information content (AvgIpc) is 2.87. The predicted octanol–water partition coefficient (Wildman–Crippen LogP) is 1.76. The number of hydrogen-bond donors (Lipinski definition) is 0. The topological polar surface area (TPSA) is 68.3 Å². The van der Waals surface area contributed by atoms with Gasteiger partial charge in [-0.1, -0.05) is 0 Å². The maximum Gasteiger partial charge on any atom is 0.409 e. The van der Waals surface area contributed by atoms with Crippen LogP contribution >= 0.6 is 0 Å². The van der Waals surface area contributed by atoms with Crippen molar-refractivity contribution in [1.82, 2.24) is 9.80 Å². The maximum absolute atomic E-state index is 12.7. The summed E-state index contributed by atoms with van der Waals surface area (Å²) < 4.78 is 16.0. The van der Waals surface area contributed by atoms with Crippen LogP contribution < -0.4 is 9.47 Å². The summed E-state index contributed by atoms with van der Waals surface area (Å²) in [5, 5.41) is 0. The highest BCUT2D eigenvalue weighted by atomic mass is 16.6. The van der Waals surface area contributed by atoms with Gasteiger partial charge in [-0.05, 0) is 31.5 Å². The van der Waals surface area contributed by atoms with Gasteiger partial charge in [0.25, 0.3) is 5.91 Å². The quantitative estimate of drug-likeness (QED) is 0.824. The monoisotopic (exact) mass is 334 g/mol. The SMILES string of the molecule is CCOC(=O)N1CCCN(C(=O)c2ccc3c(c2)OCCO3)CC1. The Morgan fingerprint density at radius 2 is 1.75 bits per heavy atom. The van der Waals surface area contributed by atoms with E-state index >= 15 is 0 Å². The Kier molecular flexibility index (Phi) is 5.08. The highest BCUT2D eigenvalue weighted by Gasteiger charge is 2.24. The molecule has 1 saturated heterocycles. The fourth-order valence-corrected chi connectivity index (χ4v) is 2.88. The summed E-state index contributed by atoms with van der Waals surface area (Å²) in [5.74, 6) is 1.22. The molecule has 0 spiro atoms. The lowest BCUT2D eigenvalue weighted by molar-refractivity contribution is 0.0752. The number of carbonyl (C=O) groups is 2. The van der Waals surface area contributed by atoms with Gasteiger partial charge >= 0.3 is 6.09 Å². The number of carbonyl (C=O) groups excluding carboxylic acids is 2. The largest absolute Gasteiger partial charge is 0.486 e. The van der Waals surface area contributed by atoms with Crippen LogP contribution in [0.5, 0.6) is 11.5 Å². The van der Waals surface area contributed by atoms with Gasteiger partial charge in [-0.25, -0.2) is 4.79 Å². The minimum absolute atomic E-state index is 0.0577. The fraction of sp³-hybridized carbons (Fsp3) is 0.529. The second-order valence-corrected chi connectivity index (χ2v) is 5.69. The van der Waals surface area contributed by atoms with Crippen LogP contribution in [-0.2, 0) is 4.74 Å². The molecule has 1 aromatic carbocycles. The Bertz CT molecular complexity index is 619. The van der Waals surface area contributed by atoms with Gasteiger partial charge in [0.05, 0.1) is 6.61 Å². The summed E-state index contributed by atoms with van der Waals surface area (Å²) in [5.41, 5.74) is 0.573. The van der Waals surface area contributed by atoms with Gasteiger partial charge in [0.1, 0.15) is 13.2 Å². The molecule has 2 aliphatic heterocycles. The molecule has 0 N–H and O–H groups in total. The summed E-state index contributed by atoms with van der Waals surface area (Å²) in [6.45, 7) is 5.34. The van der Waals surface area contributed by atoms with Crippen molar-refractivity contribution in [1.29, 1.82) is 0 Å². The number of nitrogens with zero attached hydrogens (tertiary/aromatic N) is 2. The number of rotatable bonds is 2. The molecule has 130 valence electrons. The number of ether oxygens (including phenoxy) is 3. The zero-order valence-electron chi connectivity index (χ0n) is 13.8. The van der Waals surface area contributed by atoms with Gasteiger partial charge in [0.15, 0.2) is 11.5 Å². The standard InChI is InChI=1S/C17H22N2O5/c1-2-22-17(21)19-7-3-6-18(8-9-19)16(20)13-4-5-14-15(12-13)24-11-10-23-14/h4-5,12H,2-3,6-11H2,1H3. The van der Waals surface area contributed by atoms with Crippen molar-refractivity contribution in [2.45, 2.75) is 13.3 Å². The molecule has 2 aliphatic rings.